The van der Waals surface area contributed by atoms with Crippen LogP contribution >= 0.6 is 0 Å². The molecule has 0 spiro atoms. The second-order valence-corrected chi connectivity index (χ2v) is 5.40. The summed E-state index contributed by atoms with van der Waals surface area (Å²) in [6.07, 6.45) is 5.18. The van der Waals surface area contributed by atoms with Crippen LogP contribution in [0, 0.1) is 0 Å². The minimum Gasteiger partial charge on any atom is -0.370 e. The smallest absolute Gasteiger partial charge is 0.125 e. The van der Waals surface area contributed by atoms with Crippen molar-refractivity contribution in [3.8, 4) is 0 Å². The molecule has 4 nitrogen and oxygen atoms in total. The largest absolute Gasteiger partial charge is 0.370 e. The SMILES string of the molecule is CCC(CC)c1cc2n(n1)C(c1ccccn1)CCN2. The van der Waals surface area contributed by atoms with Crippen molar-refractivity contribution in [2.24, 2.45) is 0 Å². The summed E-state index contributed by atoms with van der Waals surface area (Å²) < 4.78 is 2.12. The Morgan fingerprint density at radius 2 is 2.20 bits per heavy atom. The number of hydrogen-bond acceptors (Lipinski definition) is 3. The zero-order chi connectivity index (χ0) is 13.9. The lowest BCUT2D eigenvalue weighted by molar-refractivity contribution is 0.462. The van der Waals surface area contributed by atoms with E-state index in [0.717, 1.165) is 37.3 Å². The van der Waals surface area contributed by atoms with Crippen molar-refractivity contribution in [2.75, 3.05) is 11.9 Å². The molecule has 1 atom stereocenters. The van der Waals surface area contributed by atoms with Crippen LogP contribution in [-0.4, -0.2) is 21.3 Å². The molecule has 20 heavy (non-hydrogen) atoms. The maximum absolute atomic E-state index is 4.86. The molecule has 0 radical (unpaired) electrons. The number of aromatic nitrogens is 3. The molecule has 106 valence electrons. The molecule has 0 aromatic carbocycles. The van der Waals surface area contributed by atoms with E-state index in [4.69, 9.17) is 5.10 Å². The van der Waals surface area contributed by atoms with Crippen LogP contribution in [0.15, 0.2) is 30.5 Å². The van der Waals surface area contributed by atoms with Gasteiger partial charge < -0.3 is 5.32 Å². The van der Waals surface area contributed by atoms with Crippen LogP contribution in [0.5, 0.6) is 0 Å². The van der Waals surface area contributed by atoms with Crippen LogP contribution in [-0.2, 0) is 0 Å². The second kappa shape index (κ2) is 5.65. The molecule has 2 aromatic heterocycles. The van der Waals surface area contributed by atoms with Crippen molar-refractivity contribution in [1.82, 2.24) is 14.8 Å². The summed E-state index contributed by atoms with van der Waals surface area (Å²) >= 11 is 0. The molecule has 0 amide bonds. The van der Waals surface area contributed by atoms with Gasteiger partial charge in [0, 0.05) is 24.7 Å². The molecule has 3 heterocycles. The third kappa shape index (κ3) is 2.30. The van der Waals surface area contributed by atoms with Gasteiger partial charge in [0.1, 0.15) is 5.82 Å². The van der Waals surface area contributed by atoms with Gasteiger partial charge in [0.05, 0.1) is 17.4 Å². The third-order valence-electron chi connectivity index (χ3n) is 4.21. The van der Waals surface area contributed by atoms with Gasteiger partial charge in [-0.3, -0.25) is 4.98 Å². The number of fused-ring (bicyclic) bond motifs is 1. The Balaban J connectivity index is 1.96. The lowest BCUT2D eigenvalue weighted by atomic mass is 10.00. The summed E-state index contributed by atoms with van der Waals surface area (Å²) in [6, 6.07) is 8.58. The molecule has 1 aliphatic rings. The monoisotopic (exact) mass is 270 g/mol. The first-order chi connectivity index (χ1) is 9.83. The number of anilines is 1. The molecular weight excluding hydrogens is 248 g/mol. The lowest BCUT2D eigenvalue weighted by Gasteiger charge is -2.25. The number of pyridine rings is 1. The average molecular weight is 270 g/mol. The molecule has 1 unspecified atom stereocenters. The van der Waals surface area contributed by atoms with E-state index in [1.807, 2.05) is 12.3 Å². The quantitative estimate of drug-likeness (QED) is 0.923. The van der Waals surface area contributed by atoms with Crippen molar-refractivity contribution < 1.29 is 0 Å². The zero-order valence-corrected chi connectivity index (χ0v) is 12.2. The Morgan fingerprint density at radius 3 is 2.90 bits per heavy atom. The minimum atomic E-state index is 0.260. The van der Waals surface area contributed by atoms with Crippen molar-refractivity contribution in [3.05, 3.63) is 41.9 Å². The Bertz CT molecular complexity index is 557. The Morgan fingerprint density at radius 1 is 1.35 bits per heavy atom. The first-order valence-electron chi connectivity index (χ1n) is 7.57. The molecule has 4 heteroatoms. The number of hydrogen-bond donors (Lipinski definition) is 1. The third-order valence-corrected chi connectivity index (χ3v) is 4.21. The first kappa shape index (κ1) is 13.2. The van der Waals surface area contributed by atoms with Crippen LogP contribution in [0.3, 0.4) is 0 Å². The summed E-state index contributed by atoms with van der Waals surface area (Å²) in [5.74, 6) is 1.69. The van der Waals surface area contributed by atoms with Crippen LogP contribution in [0.1, 0.15) is 56.5 Å². The Labute approximate surface area is 120 Å². The van der Waals surface area contributed by atoms with E-state index in [0.29, 0.717) is 5.92 Å². The van der Waals surface area contributed by atoms with Gasteiger partial charge in [-0.15, -0.1) is 0 Å². The van der Waals surface area contributed by atoms with Gasteiger partial charge in [-0.1, -0.05) is 19.9 Å². The van der Waals surface area contributed by atoms with E-state index in [9.17, 15) is 0 Å². The first-order valence-corrected chi connectivity index (χ1v) is 7.57. The number of nitrogens with one attached hydrogen (secondary N) is 1. The fourth-order valence-electron chi connectivity index (χ4n) is 2.99. The van der Waals surface area contributed by atoms with Gasteiger partial charge in [0.25, 0.3) is 0 Å². The molecule has 1 aliphatic heterocycles. The van der Waals surface area contributed by atoms with Crippen molar-refractivity contribution in [2.45, 2.75) is 45.1 Å². The van der Waals surface area contributed by atoms with Gasteiger partial charge in [-0.2, -0.15) is 5.10 Å². The summed E-state index contributed by atoms with van der Waals surface area (Å²) in [5, 5.41) is 8.32. The molecule has 1 N–H and O–H groups in total. The molecule has 0 bridgehead atoms. The van der Waals surface area contributed by atoms with Gasteiger partial charge in [-0.25, -0.2) is 4.68 Å². The van der Waals surface area contributed by atoms with Crippen molar-refractivity contribution in [3.63, 3.8) is 0 Å². The van der Waals surface area contributed by atoms with Crippen molar-refractivity contribution in [1.29, 1.82) is 0 Å². The normalized spacial score (nSPS) is 17.9. The highest BCUT2D eigenvalue weighted by Crippen LogP contribution is 2.32. The Kier molecular flexibility index (Phi) is 3.72. The second-order valence-electron chi connectivity index (χ2n) is 5.40. The van der Waals surface area contributed by atoms with Gasteiger partial charge in [0.15, 0.2) is 0 Å². The molecule has 0 aliphatic carbocycles. The van der Waals surface area contributed by atoms with E-state index < -0.39 is 0 Å². The van der Waals surface area contributed by atoms with Crippen LogP contribution in [0.2, 0.25) is 0 Å². The lowest BCUT2D eigenvalue weighted by Crippen LogP contribution is -2.25. The summed E-state index contributed by atoms with van der Waals surface area (Å²) in [6.45, 7) is 5.45. The van der Waals surface area contributed by atoms with Gasteiger partial charge >= 0.3 is 0 Å². The molecule has 0 saturated heterocycles. The molecule has 3 rings (SSSR count). The molecule has 2 aromatic rings. The van der Waals surface area contributed by atoms with Crippen LogP contribution in [0.25, 0.3) is 0 Å². The molecular formula is C16H22N4. The van der Waals surface area contributed by atoms with E-state index >= 15 is 0 Å². The highest BCUT2D eigenvalue weighted by atomic mass is 15.4. The van der Waals surface area contributed by atoms with Gasteiger partial charge in [0.2, 0.25) is 0 Å². The Hall–Kier alpha value is -1.84. The fraction of sp³-hybridized carbons (Fsp3) is 0.500. The van der Waals surface area contributed by atoms with E-state index in [1.165, 1.54) is 5.69 Å². The predicted molar refractivity (Wildman–Crippen MR) is 81.0 cm³/mol. The van der Waals surface area contributed by atoms with E-state index in [2.05, 4.69) is 47.0 Å². The summed E-state index contributed by atoms with van der Waals surface area (Å²) in [7, 11) is 0. The average Bonchev–Trinajstić information content (AvgIpc) is 2.93. The summed E-state index contributed by atoms with van der Waals surface area (Å²) in [5.41, 5.74) is 2.31. The van der Waals surface area contributed by atoms with Crippen LogP contribution in [0.4, 0.5) is 5.82 Å². The topological polar surface area (TPSA) is 42.7 Å². The van der Waals surface area contributed by atoms with E-state index in [1.54, 1.807) is 0 Å². The van der Waals surface area contributed by atoms with Crippen LogP contribution < -0.4 is 5.32 Å². The standard InChI is InChI=1S/C16H22N4/c1-3-12(4-2)14-11-16-18-10-8-15(20(16)19-14)13-7-5-6-9-17-13/h5-7,9,11-12,15,18H,3-4,8,10H2,1-2H3. The maximum Gasteiger partial charge on any atom is 0.125 e. The highest BCUT2D eigenvalue weighted by molar-refractivity contribution is 5.41. The number of rotatable bonds is 4. The summed E-state index contributed by atoms with van der Waals surface area (Å²) in [4.78, 5) is 4.51. The van der Waals surface area contributed by atoms with E-state index in [-0.39, 0.29) is 6.04 Å². The molecule has 0 fully saturated rings. The zero-order valence-electron chi connectivity index (χ0n) is 12.2. The maximum atomic E-state index is 4.86. The number of nitrogens with zero attached hydrogens (tertiary/aromatic N) is 3. The fourth-order valence-corrected chi connectivity index (χ4v) is 2.99. The van der Waals surface area contributed by atoms with Crippen molar-refractivity contribution >= 4 is 5.82 Å². The minimum absolute atomic E-state index is 0.260. The highest BCUT2D eigenvalue weighted by Gasteiger charge is 2.25. The predicted octanol–water partition coefficient (Wildman–Crippen LogP) is 3.59. The molecule has 0 saturated carbocycles. The van der Waals surface area contributed by atoms with Gasteiger partial charge in [-0.05, 0) is 31.4 Å².